The second-order valence-corrected chi connectivity index (χ2v) is 11.3. The zero-order valence-electron chi connectivity index (χ0n) is 14.9. The van der Waals surface area contributed by atoms with Gasteiger partial charge >= 0.3 is 0 Å². The molecule has 2 fully saturated rings. The van der Waals surface area contributed by atoms with Gasteiger partial charge in [-0.1, -0.05) is 28.1 Å². The molecule has 0 aliphatic carbocycles. The van der Waals surface area contributed by atoms with Crippen LogP contribution in [0.4, 0.5) is 0 Å². The molecule has 146 valence electrons. The molecule has 2 heterocycles. The zero-order chi connectivity index (χ0) is 19.4. The number of hydrogen-bond donors (Lipinski definition) is 0. The summed E-state index contributed by atoms with van der Waals surface area (Å²) in [6.07, 6.45) is 0.644. The van der Waals surface area contributed by atoms with Gasteiger partial charge in [0.2, 0.25) is 5.91 Å². The van der Waals surface area contributed by atoms with Crippen molar-refractivity contribution in [3.8, 4) is 6.07 Å². The number of thioether (sulfide) groups is 1. The van der Waals surface area contributed by atoms with E-state index < -0.39 is 9.84 Å². The van der Waals surface area contributed by atoms with Gasteiger partial charge in [-0.2, -0.15) is 5.26 Å². The van der Waals surface area contributed by atoms with Gasteiger partial charge in [-0.25, -0.2) is 8.42 Å². The maximum absolute atomic E-state index is 12.4. The maximum Gasteiger partial charge on any atom is 0.232 e. The summed E-state index contributed by atoms with van der Waals surface area (Å²) in [5.74, 6) is 0.814. The van der Waals surface area contributed by atoms with Crippen LogP contribution in [-0.2, 0) is 14.6 Å². The van der Waals surface area contributed by atoms with Crippen molar-refractivity contribution in [3.05, 3.63) is 34.3 Å². The molecule has 0 aromatic heterocycles. The Labute approximate surface area is 172 Å². The number of piperazine rings is 1. The van der Waals surface area contributed by atoms with Crippen LogP contribution in [0.25, 0.3) is 0 Å². The van der Waals surface area contributed by atoms with Gasteiger partial charge in [-0.05, 0) is 24.1 Å². The Hall–Kier alpha value is -1.08. The molecule has 1 aromatic carbocycles. The zero-order valence-corrected chi connectivity index (χ0v) is 18.1. The first-order valence-electron chi connectivity index (χ1n) is 8.87. The van der Waals surface area contributed by atoms with Gasteiger partial charge in [0.15, 0.2) is 9.84 Å². The minimum atomic E-state index is -2.90. The minimum absolute atomic E-state index is 0.0422. The quantitative estimate of drug-likeness (QED) is 0.653. The summed E-state index contributed by atoms with van der Waals surface area (Å²) in [6.45, 7) is 2.50. The molecule has 2 atom stereocenters. The normalized spacial score (nSPS) is 23.7. The smallest absolute Gasteiger partial charge is 0.232 e. The third kappa shape index (κ3) is 5.47. The summed E-state index contributed by atoms with van der Waals surface area (Å²) >= 11 is 4.86. The summed E-state index contributed by atoms with van der Waals surface area (Å²) in [5.41, 5.74) is 0.957. The number of nitriles is 1. The molecule has 0 radical (unpaired) electrons. The van der Waals surface area contributed by atoms with E-state index in [1.807, 2.05) is 29.2 Å². The standard InChI is InChI=1S/C18H22BrN3O3S2/c19-15-3-1-14(2-4-15)17(11-20)21-6-8-22(9-7-21)18(23)12-26-16-5-10-27(24,25)13-16/h1-4,16-17H,5-10,12-13H2/t16-,17-/m0/s1. The van der Waals surface area contributed by atoms with Gasteiger partial charge in [0.25, 0.3) is 0 Å². The van der Waals surface area contributed by atoms with Crippen LogP contribution in [0.2, 0.25) is 0 Å². The van der Waals surface area contributed by atoms with Crippen molar-refractivity contribution in [1.29, 1.82) is 5.26 Å². The number of hydrogen-bond acceptors (Lipinski definition) is 6. The number of sulfone groups is 1. The number of rotatable bonds is 5. The van der Waals surface area contributed by atoms with Crippen molar-refractivity contribution < 1.29 is 13.2 Å². The lowest BCUT2D eigenvalue weighted by Crippen LogP contribution is -2.50. The third-order valence-electron chi connectivity index (χ3n) is 4.97. The molecule has 6 nitrogen and oxygen atoms in total. The third-order valence-corrected chi connectivity index (χ3v) is 8.77. The molecule has 0 spiro atoms. The lowest BCUT2D eigenvalue weighted by Gasteiger charge is -2.37. The highest BCUT2D eigenvalue weighted by Crippen LogP contribution is 2.26. The van der Waals surface area contributed by atoms with Gasteiger partial charge in [-0.15, -0.1) is 11.8 Å². The van der Waals surface area contributed by atoms with Crippen LogP contribution >= 0.6 is 27.7 Å². The molecule has 0 unspecified atom stereocenters. The molecule has 2 aliphatic heterocycles. The Morgan fingerprint density at radius 2 is 1.93 bits per heavy atom. The molecule has 0 N–H and O–H groups in total. The van der Waals surface area contributed by atoms with E-state index in [2.05, 4.69) is 26.9 Å². The monoisotopic (exact) mass is 471 g/mol. The predicted octanol–water partition coefficient (Wildman–Crippen LogP) is 2.08. The number of amides is 1. The number of carbonyl (C=O) groups excluding carboxylic acids is 1. The molecule has 2 saturated heterocycles. The van der Waals surface area contributed by atoms with E-state index in [1.54, 1.807) is 0 Å². The van der Waals surface area contributed by atoms with Crippen LogP contribution < -0.4 is 0 Å². The topological polar surface area (TPSA) is 81.5 Å². The molecule has 9 heteroatoms. The Morgan fingerprint density at radius 3 is 2.48 bits per heavy atom. The van der Waals surface area contributed by atoms with Crippen LogP contribution in [0, 0.1) is 11.3 Å². The summed E-state index contributed by atoms with van der Waals surface area (Å²) < 4.78 is 24.0. The van der Waals surface area contributed by atoms with Gasteiger partial charge in [0.05, 0.1) is 23.3 Å². The van der Waals surface area contributed by atoms with Crippen LogP contribution in [0.1, 0.15) is 18.0 Å². The van der Waals surface area contributed by atoms with E-state index in [0.717, 1.165) is 10.0 Å². The van der Waals surface area contributed by atoms with Crippen molar-refractivity contribution >= 4 is 43.4 Å². The molecule has 0 saturated carbocycles. The van der Waals surface area contributed by atoms with E-state index in [9.17, 15) is 18.5 Å². The molecule has 1 amide bonds. The molecule has 3 rings (SSSR count). The molecule has 27 heavy (non-hydrogen) atoms. The average Bonchev–Trinajstić information content (AvgIpc) is 3.01. The second-order valence-electron chi connectivity index (χ2n) is 6.84. The van der Waals surface area contributed by atoms with Gasteiger partial charge in [0, 0.05) is 35.9 Å². The van der Waals surface area contributed by atoms with Crippen LogP contribution in [0.15, 0.2) is 28.7 Å². The molecular weight excluding hydrogens is 450 g/mol. The van der Waals surface area contributed by atoms with Gasteiger partial charge < -0.3 is 4.90 Å². The molecule has 1 aromatic rings. The van der Waals surface area contributed by atoms with Crippen molar-refractivity contribution in [3.63, 3.8) is 0 Å². The van der Waals surface area contributed by atoms with E-state index in [0.29, 0.717) is 38.4 Å². The SMILES string of the molecule is N#C[C@@H](c1ccc(Br)cc1)N1CCN(C(=O)CS[C@H]2CCS(=O)(=O)C2)CC1. The van der Waals surface area contributed by atoms with Crippen LogP contribution in [-0.4, -0.2) is 72.8 Å². The highest BCUT2D eigenvalue weighted by molar-refractivity contribution is 9.10. The largest absolute Gasteiger partial charge is 0.339 e. The van der Waals surface area contributed by atoms with E-state index >= 15 is 0 Å². The first kappa shape index (κ1) is 20.6. The number of nitrogens with zero attached hydrogens (tertiary/aromatic N) is 3. The first-order chi connectivity index (χ1) is 12.9. The minimum Gasteiger partial charge on any atom is -0.339 e. The van der Waals surface area contributed by atoms with E-state index in [1.165, 1.54) is 11.8 Å². The van der Waals surface area contributed by atoms with Gasteiger partial charge in [0.1, 0.15) is 6.04 Å². The van der Waals surface area contributed by atoms with Crippen LogP contribution in [0.5, 0.6) is 0 Å². The van der Waals surface area contributed by atoms with Crippen molar-refractivity contribution in [2.24, 2.45) is 0 Å². The lowest BCUT2D eigenvalue weighted by atomic mass is 10.1. The molecular formula is C18H22BrN3O3S2. The highest BCUT2D eigenvalue weighted by atomic mass is 79.9. The second kappa shape index (κ2) is 8.95. The summed E-state index contributed by atoms with van der Waals surface area (Å²) in [5, 5.41) is 9.63. The number of carbonyl (C=O) groups is 1. The fraction of sp³-hybridized carbons (Fsp3) is 0.556. The Balaban J connectivity index is 1.48. The van der Waals surface area contributed by atoms with E-state index in [4.69, 9.17) is 0 Å². The summed E-state index contributed by atoms with van der Waals surface area (Å²) in [6, 6.07) is 9.81. The first-order valence-corrected chi connectivity index (χ1v) is 12.5. The van der Waals surface area contributed by atoms with E-state index in [-0.39, 0.29) is 28.7 Å². The lowest BCUT2D eigenvalue weighted by molar-refractivity contribution is -0.130. The summed E-state index contributed by atoms with van der Waals surface area (Å²) in [4.78, 5) is 16.4. The Morgan fingerprint density at radius 1 is 1.26 bits per heavy atom. The fourth-order valence-corrected chi connectivity index (χ4v) is 7.22. The Kier molecular flexibility index (Phi) is 6.84. The average molecular weight is 472 g/mol. The highest BCUT2D eigenvalue weighted by Gasteiger charge is 2.30. The number of benzene rings is 1. The maximum atomic E-state index is 12.4. The summed E-state index contributed by atoms with van der Waals surface area (Å²) in [7, 11) is -2.90. The fourth-order valence-electron chi connectivity index (χ4n) is 3.41. The van der Waals surface area contributed by atoms with Gasteiger partial charge in [-0.3, -0.25) is 9.69 Å². The van der Waals surface area contributed by atoms with Crippen molar-refractivity contribution in [2.45, 2.75) is 17.7 Å². The van der Waals surface area contributed by atoms with Crippen molar-refractivity contribution in [2.75, 3.05) is 43.4 Å². The van der Waals surface area contributed by atoms with Crippen LogP contribution in [0.3, 0.4) is 0 Å². The Bertz CT molecular complexity index is 815. The van der Waals surface area contributed by atoms with Crippen molar-refractivity contribution in [1.82, 2.24) is 9.80 Å². The molecule has 0 bridgehead atoms. The predicted molar refractivity (Wildman–Crippen MR) is 110 cm³/mol. The molecule has 2 aliphatic rings. The number of halogens is 1.